The van der Waals surface area contributed by atoms with Crippen molar-refractivity contribution in [3.05, 3.63) is 29.3 Å². The molecule has 0 bridgehead atoms. The maximum absolute atomic E-state index is 14.3. The van der Waals surface area contributed by atoms with Gasteiger partial charge in [-0.15, -0.1) is 0 Å². The average Bonchev–Trinajstić information content (AvgIpc) is 3.22. The Kier molecular flexibility index (Phi) is 5.59. The molecule has 0 heterocycles. The van der Waals surface area contributed by atoms with Gasteiger partial charge in [-0.1, -0.05) is 0 Å². The second-order valence-corrected chi connectivity index (χ2v) is 7.60. The Labute approximate surface area is 127 Å². The summed E-state index contributed by atoms with van der Waals surface area (Å²) in [7, 11) is -3.96. The highest BCUT2D eigenvalue weighted by atomic mass is 32.2. The maximum atomic E-state index is 14.3. The van der Waals surface area contributed by atoms with Crippen LogP contribution in [0.5, 0.6) is 0 Å². The number of sulfonamides is 1. The van der Waals surface area contributed by atoms with Crippen molar-refractivity contribution in [2.45, 2.75) is 30.3 Å². The molecule has 2 N–H and O–H groups in total. The van der Waals surface area contributed by atoms with Crippen LogP contribution in [0.25, 0.3) is 0 Å². The minimum atomic E-state index is -3.96. The first-order chi connectivity index (χ1) is 9.95. The highest BCUT2D eigenvalue weighted by molar-refractivity contribution is 7.98. The van der Waals surface area contributed by atoms with E-state index in [1.165, 1.54) is 11.8 Å². The SMILES string of the molecule is CSCCNS(=O)(=O)c1ccc(F)c(CNC2CC2)c1F. The van der Waals surface area contributed by atoms with Crippen LogP contribution in [-0.4, -0.2) is 33.0 Å². The van der Waals surface area contributed by atoms with E-state index < -0.39 is 26.6 Å². The molecule has 118 valence electrons. The van der Waals surface area contributed by atoms with Gasteiger partial charge in [0.15, 0.2) is 5.82 Å². The number of thioether (sulfide) groups is 1. The van der Waals surface area contributed by atoms with E-state index in [2.05, 4.69) is 10.0 Å². The summed E-state index contributed by atoms with van der Waals surface area (Å²) in [6, 6.07) is 2.24. The summed E-state index contributed by atoms with van der Waals surface area (Å²) in [5, 5.41) is 2.99. The van der Waals surface area contributed by atoms with Gasteiger partial charge in [-0.25, -0.2) is 21.9 Å². The predicted molar refractivity (Wildman–Crippen MR) is 79.8 cm³/mol. The van der Waals surface area contributed by atoms with Crippen LogP contribution in [0.15, 0.2) is 17.0 Å². The fourth-order valence-corrected chi connectivity index (χ4v) is 3.40. The quantitative estimate of drug-likeness (QED) is 0.712. The van der Waals surface area contributed by atoms with Crippen molar-refractivity contribution >= 4 is 21.8 Å². The summed E-state index contributed by atoms with van der Waals surface area (Å²) in [5.41, 5.74) is -0.227. The Bertz CT molecular complexity index is 604. The molecule has 0 aliphatic heterocycles. The highest BCUT2D eigenvalue weighted by Crippen LogP contribution is 2.23. The summed E-state index contributed by atoms with van der Waals surface area (Å²) in [4.78, 5) is -0.502. The van der Waals surface area contributed by atoms with Crippen molar-refractivity contribution < 1.29 is 17.2 Å². The number of halogens is 2. The predicted octanol–water partition coefficient (Wildman–Crippen LogP) is 1.86. The Morgan fingerprint density at radius 1 is 1.33 bits per heavy atom. The van der Waals surface area contributed by atoms with Crippen LogP contribution in [-0.2, 0) is 16.6 Å². The molecular formula is C13H18F2N2O2S2. The summed E-state index contributed by atoms with van der Waals surface area (Å²) in [6.07, 6.45) is 3.81. The molecule has 0 amide bonds. The van der Waals surface area contributed by atoms with Crippen LogP contribution in [0, 0.1) is 11.6 Å². The van der Waals surface area contributed by atoms with Crippen LogP contribution in [0.3, 0.4) is 0 Å². The van der Waals surface area contributed by atoms with E-state index in [1.54, 1.807) is 0 Å². The van der Waals surface area contributed by atoms with Gasteiger partial charge >= 0.3 is 0 Å². The van der Waals surface area contributed by atoms with Crippen molar-refractivity contribution in [3.8, 4) is 0 Å². The monoisotopic (exact) mass is 336 g/mol. The van der Waals surface area contributed by atoms with Crippen molar-refractivity contribution in [2.24, 2.45) is 0 Å². The molecular weight excluding hydrogens is 318 g/mol. The number of rotatable bonds is 8. The van der Waals surface area contributed by atoms with Gasteiger partial charge in [-0.2, -0.15) is 11.8 Å². The lowest BCUT2D eigenvalue weighted by Crippen LogP contribution is -2.28. The number of nitrogens with one attached hydrogen (secondary N) is 2. The Hall–Kier alpha value is -0.700. The van der Waals surface area contributed by atoms with Crippen LogP contribution in [0.4, 0.5) is 8.78 Å². The van der Waals surface area contributed by atoms with Gasteiger partial charge in [0.25, 0.3) is 0 Å². The van der Waals surface area contributed by atoms with Gasteiger partial charge in [0.1, 0.15) is 10.7 Å². The first-order valence-corrected chi connectivity index (χ1v) is 9.52. The standard InChI is InChI=1S/C13H18F2N2O2S2/c1-20-7-6-17-21(18,19)12-5-4-11(14)10(13(12)15)8-16-9-2-3-9/h4-5,9,16-17H,2-3,6-8H2,1H3. The van der Waals surface area contributed by atoms with Gasteiger partial charge in [0.05, 0.1) is 0 Å². The smallest absolute Gasteiger partial charge is 0.243 e. The summed E-state index contributed by atoms with van der Waals surface area (Å²) >= 11 is 1.47. The molecule has 0 unspecified atom stereocenters. The first-order valence-electron chi connectivity index (χ1n) is 6.64. The van der Waals surface area contributed by atoms with Crippen molar-refractivity contribution in [1.82, 2.24) is 10.0 Å². The van der Waals surface area contributed by atoms with E-state index in [4.69, 9.17) is 0 Å². The average molecular weight is 336 g/mol. The molecule has 0 aromatic heterocycles. The van der Waals surface area contributed by atoms with E-state index in [1.807, 2.05) is 6.26 Å². The van der Waals surface area contributed by atoms with Gasteiger partial charge in [0, 0.05) is 30.4 Å². The lowest BCUT2D eigenvalue weighted by Gasteiger charge is -2.11. The molecule has 1 aromatic rings. The minimum absolute atomic E-state index is 0.00347. The zero-order valence-corrected chi connectivity index (χ0v) is 13.3. The molecule has 0 spiro atoms. The minimum Gasteiger partial charge on any atom is -0.310 e. The molecule has 1 aromatic carbocycles. The van der Waals surface area contributed by atoms with E-state index in [0.717, 1.165) is 25.0 Å². The number of benzene rings is 1. The number of hydrogen-bond donors (Lipinski definition) is 2. The van der Waals surface area contributed by atoms with Crippen molar-refractivity contribution in [1.29, 1.82) is 0 Å². The third-order valence-electron chi connectivity index (χ3n) is 3.18. The lowest BCUT2D eigenvalue weighted by atomic mass is 10.2. The Balaban J connectivity index is 2.20. The van der Waals surface area contributed by atoms with Crippen LogP contribution in [0.1, 0.15) is 18.4 Å². The van der Waals surface area contributed by atoms with E-state index in [-0.39, 0.29) is 24.7 Å². The fraction of sp³-hybridized carbons (Fsp3) is 0.538. The molecule has 21 heavy (non-hydrogen) atoms. The van der Waals surface area contributed by atoms with Crippen LogP contribution in [0.2, 0.25) is 0 Å². The van der Waals surface area contributed by atoms with Crippen molar-refractivity contribution in [3.63, 3.8) is 0 Å². The number of hydrogen-bond acceptors (Lipinski definition) is 4. The van der Waals surface area contributed by atoms with Gasteiger partial charge in [-0.05, 0) is 31.2 Å². The maximum Gasteiger partial charge on any atom is 0.243 e. The lowest BCUT2D eigenvalue weighted by molar-refractivity contribution is 0.511. The molecule has 0 saturated heterocycles. The van der Waals surface area contributed by atoms with Crippen LogP contribution >= 0.6 is 11.8 Å². The van der Waals surface area contributed by atoms with E-state index in [9.17, 15) is 17.2 Å². The largest absolute Gasteiger partial charge is 0.310 e. The molecule has 0 radical (unpaired) electrons. The Morgan fingerprint density at radius 3 is 2.67 bits per heavy atom. The molecule has 0 atom stereocenters. The summed E-state index contributed by atoms with van der Waals surface area (Å²) < 4.78 is 54.4. The van der Waals surface area contributed by atoms with Crippen LogP contribution < -0.4 is 10.0 Å². The molecule has 8 heteroatoms. The van der Waals surface area contributed by atoms with Gasteiger partial charge < -0.3 is 5.32 Å². The zero-order chi connectivity index (χ0) is 15.5. The second-order valence-electron chi connectivity index (χ2n) is 4.88. The third-order valence-corrected chi connectivity index (χ3v) is 5.27. The molecule has 1 aliphatic rings. The van der Waals surface area contributed by atoms with E-state index in [0.29, 0.717) is 5.75 Å². The molecule has 1 saturated carbocycles. The second kappa shape index (κ2) is 7.04. The summed E-state index contributed by atoms with van der Waals surface area (Å²) in [5.74, 6) is -1.17. The normalized spacial score (nSPS) is 15.4. The summed E-state index contributed by atoms with van der Waals surface area (Å²) in [6.45, 7) is 0.201. The third kappa shape index (κ3) is 4.38. The molecule has 2 rings (SSSR count). The Morgan fingerprint density at radius 2 is 2.05 bits per heavy atom. The molecule has 1 aliphatic carbocycles. The van der Waals surface area contributed by atoms with E-state index >= 15 is 0 Å². The van der Waals surface area contributed by atoms with Crippen molar-refractivity contribution in [2.75, 3.05) is 18.6 Å². The zero-order valence-electron chi connectivity index (χ0n) is 11.7. The fourth-order valence-electron chi connectivity index (χ4n) is 1.84. The van der Waals surface area contributed by atoms with Gasteiger partial charge in [0.2, 0.25) is 10.0 Å². The topological polar surface area (TPSA) is 58.2 Å². The molecule has 1 fully saturated rings. The first kappa shape index (κ1) is 16.7. The highest BCUT2D eigenvalue weighted by Gasteiger charge is 2.25. The van der Waals surface area contributed by atoms with Gasteiger partial charge in [-0.3, -0.25) is 0 Å². The molecule has 4 nitrogen and oxygen atoms in total.